The SMILES string of the molecule is Cc1ccc(C(C)C)c(O)c1.N#C[S-]. The van der Waals surface area contributed by atoms with Gasteiger partial charge >= 0.3 is 0 Å². The van der Waals surface area contributed by atoms with Crippen LogP contribution in [0.4, 0.5) is 0 Å². The average Bonchev–Trinajstić information content (AvgIpc) is 2.04. The lowest BCUT2D eigenvalue weighted by molar-refractivity contribution is 0.464. The highest BCUT2D eigenvalue weighted by molar-refractivity contribution is 7.64. The maximum Gasteiger partial charge on any atom is 0.119 e. The van der Waals surface area contributed by atoms with Gasteiger partial charge in [0.15, 0.2) is 0 Å². The van der Waals surface area contributed by atoms with Crippen molar-refractivity contribution in [2.75, 3.05) is 0 Å². The zero-order valence-corrected chi connectivity index (χ0v) is 9.43. The lowest BCUT2D eigenvalue weighted by Gasteiger charge is -2.07. The number of rotatable bonds is 1. The molecule has 0 heterocycles. The van der Waals surface area contributed by atoms with Gasteiger partial charge in [-0.1, -0.05) is 31.4 Å². The van der Waals surface area contributed by atoms with Gasteiger partial charge in [0, 0.05) is 0 Å². The van der Waals surface area contributed by atoms with Gasteiger partial charge in [0.1, 0.15) is 5.75 Å². The number of aryl methyl sites for hydroxylation is 1. The van der Waals surface area contributed by atoms with Crippen LogP contribution in [0.1, 0.15) is 30.9 Å². The highest BCUT2D eigenvalue weighted by Gasteiger charge is 2.03. The Balaban J connectivity index is 0.000000500. The molecule has 0 amide bonds. The molecule has 0 spiro atoms. The molecule has 0 bridgehead atoms. The average molecular weight is 208 g/mol. The molecule has 0 saturated carbocycles. The second-order valence-corrected chi connectivity index (χ2v) is 3.49. The molecule has 1 aromatic carbocycles. The Morgan fingerprint density at radius 1 is 1.43 bits per heavy atom. The number of hydrogen-bond acceptors (Lipinski definition) is 3. The van der Waals surface area contributed by atoms with Crippen LogP contribution in [-0.4, -0.2) is 5.11 Å². The molecule has 0 aliphatic rings. The lowest BCUT2D eigenvalue weighted by atomic mass is 10.0. The molecule has 0 aromatic heterocycles. The van der Waals surface area contributed by atoms with Crippen LogP contribution in [-0.2, 0) is 12.6 Å². The Hall–Kier alpha value is -1.27. The van der Waals surface area contributed by atoms with Crippen molar-refractivity contribution >= 4 is 12.6 Å². The first-order chi connectivity index (χ1) is 6.52. The maximum absolute atomic E-state index is 9.46. The summed E-state index contributed by atoms with van der Waals surface area (Å²) in [6.07, 6.45) is 0. The molecule has 0 saturated heterocycles. The van der Waals surface area contributed by atoms with Gasteiger partial charge in [-0.25, -0.2) is 5.26 Å². The maximum atomic E-state index is 9.46. The molecule has 0 radical (unpaired) electrons. The molecule has 2 nitrogen and oxygen atoms in total. The molecular formula is C11H14NOS-. The van der Waals surface area contributed by atoms with E-state index in [1.807, 2.05) is 19.1 Å². The van der Waals surface area contributed by atoms with E-state index in [-0.39, 0.29) is 0 Å². The molecule has 0 fully saturated rings. The van der Waals surface area contributed by atoms with Crippen molar-refractivity contribution < 1.29 is 5.11 Å². The van der Waals surface area contributed by atoms with Crippen molar-refractivity contribution in [3.63, 3.8) is 0 Å². The Morgan fingerprint density at radius 2 is 1.93 bits per heavy atom. The summed E-state index contributed by atoms with van der Waals surface area (Å²) in [5.74, 6) is 0.815. The van der Waals surface area contributed by atoms with Crippen LogP contribution in [0.15, 0.2) is 18.2 Å². The molecule has 14 heavy (non-hydrogen) atoms. The number of phenolic OH excluding ortho intramolecular Hbond substituents is 1. The fraction of sp³-hybridized carbons (Fsp3) is 0.364. The third-order valence-corrected chi connectivity index (χ3v) is 1.81. The van der Waals surface area contributed by atoms with Gasteiger partial charge in [-0.15, -0.1) is 0 Å². The summed E-state index contributed by atoms with van der Waals surface area (Å²) in [5.41, 5.74) is 2.13. The van der Waals surface area contributed by atoms with Crippen molar-refractivity contribution in [2.24, 2.45) is 0 Å². The molecule has 3 heteroatoms. The van der Waals surface area contributed by atoms with E-state index in [4.69, 9.17) is 5.26 Å². The van der Waals surface area contributed by atoms with Gasteiger partial charge in [-0.3, -0.25) is 0 Å². The number of phenols is 1. The number of hydrogen-bond donors (Lipinski definition) is 1. The van der Waals surface area contributed by atoms with E-state index in [9.17, 15) is 5.11 Å². The van der Waals surface area contributed by atoms with Crippen molar-refractivity contribution in [3.8, 4) is 11.2 Å². The molecule has 1 N–H and O–H groups in total. The van der Waals surface area contributed by atoms with Crippen molar-refractivity contribution in [2.45, 2.75) is 26.7 Å². The van der Waals surface area contributed by atoms with Gasteiger partial charge in [-0.2, -0.15) is 0 Å². The van der Waals surface area contributed by atoms with E-state index >= 15 is 0 Å². The first-order valence-corrected chi connectivity index (χ1v) is 4.74. The van der Waals surface area contributed by atoms with E-state index in [1.54, 1.807) is 6.07 Å². The monoisotopic (exact) mass is 208 g/mol. The number of nitrogens with zero attached hydrogens (tertiary/aromatic N) is 1. The summed E-state index contributed by atoms with van der Waals surface area (Å²) < 4.78 is 0. The minimum absolute atomic E-state index is 0.399. The Morgan fingerprint density at radius 3 is 2.29 bits per heavy atom. The van der Waals surface area contributed by atoms with Crippen molar-refractivity contribution in [3.05, 3.63) is 29.3 Å². The Labute approximate surface area is 90.6 Å². The smallest absolute Gasteiger partial charge is 0.119 e. The normalized spacial score (nSPS) is 8.79. The third-order valence-electron chi connectivity index (χ3n) is 1.81. The molecular weight excluding hydrogens is 194 g/mol. The van der Waals surface area contributed by atoms with Crippen LogP contribution in [0.2, 0.25) is 0 Å². The fourth-order valence-corrected chi connectivity index (χ4v) is 1.14. The van der Waals surface area contributed by atoms with E-state index in [2.05, 4.69) is 26.5 Å². The van der Waals surface area contributed by atoms with Gasteiger partial charge in [0.05, 0.1) is 0 Å². The standard InChI is InChI=1S/C10H14O.CHNS/c1-7(2)9-5-4-8(3)6-10(9)11;2-1-3/h4-7,11H,1-3H3;3H/p-1. The van der Waals surface area contributed by atoms with Gasteiger partial charge in [0.25, 0.3) is 0 Å². The van der Waals surface area contributed by atoms with Crippen LogP contribution < -0.4 is 0 Å². The summed E-state index contributed by atoms with van der Waals surface area (Å²) in [5, 5.41) is 17.9. The molecule has 0 aliphatic heterocycles. The number of aromatic hydroxyl groups is 1. The summed E-state index contributed by atoms with van der Waals surface area (Å²) >= 11 is 3.70. The molecule has 76 valence electrons. The minimum Gasteiger partial charge on any atom is -0.696 e. The van der Waals surface area contributed by atoms with Crippen LogP contribution in [0.3, 0.4) is 0 Å². The van der Waals surface area contributed by atoms with E-state index in [1.165, 1.54) is 5.40 Å². The predicted molar refractivity (Wildman–Crippen MR) is 59.9 cm³/mol. The number of benzene rings is 1. The van der Waals surface area contributed by atoms with Crippen molar-refractivity contribution in [1.82, 2.24) is 0 Å². The second-order valence-electron chi connectivity index (χ2n) is 3.31. The quantitative estimate of drug-likeness (QED) is 0.570. The van der Waals surface area contributed by atoms with E-state index in [0.717, 1.165) is 11.1 Å². The van der Waals surface area contributed by atoms with Crippen LogP contribution in [0.5, 0.6) is 5.75 Å². The summed E-state index contributed by atoms with van der Waals surface area (Å²) in [4.78, 5) is 0. The third kappa shape index (κ3) is 4.11. The first-order valence-electron chi connectivity index (χ1n) is 4.33. The number of thiocyanates is 1. The highest BCUT2D eigenvalue weighted by Crippen LogP contribution is 2.25. The molecule has 0 atom stereocenters. The minimum atomic E-state index is 0.399. The zero-order chi connectivity index (χ0) is 11.1. The second kappa shape index (κ2) is 6.22. The predicted octanol–water partition coefficient (Wildman–Crippen LogP) is 2.84. The number of nitriles is 1. The van der Waals surface area contributed by atoms with Gasteiger partial charge in [0.2, 0.25) is 0 Å². The van der Waals surface area contributed by atoms with Crippen LogP contribution in [0, 0.1) is 17.6 Å². The summed E-state index contributed by atoms with van der Waals surface area (Å²) in [6.45, 7) is 6.12. The van der Waals surface area contributed by atoms with Crippen LogP contribution >= 0.6 is 0 Å². The largest absolute Gasteiger partial charge is 0.696 e. The fourth-order valence-electron chi connectivity index (χ4n) is 1.14. The molecule has 0 unspecified atom stereocenters. The van der Waals surface area contributed by atoms with E-state index < -0.39 is 0 Å². The topological polar surface area (TPSA) is 44.0 Å². The van der Waals surface area contributed by atoms with Gasteiger partial charge < -0.3 is 17.7 Å². The zero-order valence-electron chi connectivity index (χ0n) is 8.61. The van der Waals surface area contributed by atoms with E-state index in [0.29, 0.717) is 11.7 Å². The Kier molecular flexibility index (Phi) is 5.66. The van der Waals surface area contributed by atoms with Crippen molar-refractivity contribution in [1.29, 1.82) is 5.26 Å². The Bertz CT molecular complexity index is 329. The lowest BCUT2D eigenvalue weighted by Crippen LogP contribution is -1.87. The highest BCUT2D eigenvalue weighted by atomic mass is 32.1. The summed E-state index contributed by atoms with van der Waals surface area (Å²) in [6, 6.07) is 5.81. The molecule has 0 aliphatic carbocycles. The van der Waals surface area contributed by atoms with Crippen LogP contribution in [0.25, 0.3) is 0 Å². The molecule has 1 aromatic rings. The van der Waals surface area contributed by atoms with Gasteiger partial charge in [-0.05, 0) is 30.0 Å². The first kappa shape index (κ1) is 12.7. The molecule has 1 rings (SSSR count). The summed E-state index contributed by atoms with van der Waals surface area (Å²) in [7, 11) is 0.